The predicted molar refractivity (Wildman–Crippen MR) is 78.6 cm³/mol. The van der Waals surface area contributed by atoms with Crippen LogP contribution in [0.5, 0.6) is 0 Å². The number of amides is 1. The first kappa shape index (κ1) is 14.5. The van der Waals surface area contributed by atoms with Gasteiger partial charge in [0.05, 0.1) is 11.3 Å². The van der Waals surface area contributed by atoms with E-state index in [1.807, 2.05) is 51.1 Å². The van der Waals surface area contributed by atoms with Gasteiger partial charge in [0.25, 0.3) is 0 Å². The monoisotopic (exact) mass is 291 g/mol. The maximum Gasteiger partial charge on any atom is 0.237 e. The summed E-state index contributed by atoms with van der Waals surface area (Å²) in [5.41, 5.74) is 0.786. The van der Waals surface area contributed by atoms with Crippen LogP contribution in [0.2, 0.25) is 0 Å². The largest absolute Gasteiger partial charge is 0.325 e. The Morgan fingerprint density at radius 1 is 1.25 bits per heavy atom. The van der Waals surface area contributed by atoms with E-state index < -0.39 is 0 Å². The zero-order valence-corrected chi connectivity index (χ0v) is 12.5. The lowest BCUT2D eigenvalue weighted by atomic mass is 10.3. The molecule has 0 aliphatic carbocycles. The van der Waals surface area contributed by atoms with Gasteiger partial charge < -0.3 is 5.32 Å². The molecule has 0 aliphatic rings. The summed E-state index contributed by atoms with van der Waals surface area (Å²) in [4.78, 5) is 12.1. The number of nitrogens with one attached hydrogen (secondary N) is 1. The van der Waals surface area contributed by atoms with Crippen LogP contribution >= 0.6 is 11.8 Å². The van der Waals surface area contributed by atoms with Gasteiger partial charge in [0.1, 0.15) is 0 Å². The summed E-state index contributed by atoms with van der Waals surface area (Å²) in [7, 11) is 0. The Hall–Kier alpha value is -1.89. The lowest BCUT2D eigenvalue weighted by Crippen LogP contribution is -2.23. The maximum atomic E-state index is 12.1. The van der Waals surface area contributed by atoms with E-state index in [1.54, 1.807) is 4.68 Å². The molecule has 1 N–H and O–H groups in total. The Morgan fingerprint density at radius 2 is 1.95 bits per heavy atom. The van der Waals surface area contributed by atoms with E-state index in [-0.39, 0.29) is 17.2 Å². The van der Waals surface area contributed by atoms with Crippen molar-refractivity contribution in [1.82, 2.24) is 20.2 Å². The molecule has 1 heterocycles. The molecule has 0 bridgehead atoms. The van der Waals surface area contributed by atoms with Crippen molar-refractivity contribution in [3.8, 4) is 0 Å². The van der Waals surface area contributed by atoms with Crippen molar-refractivity contribution >= 4 is 23.4 Å². The Labute approximate surface area is 121 Å². The van der Waals surface area contributed by atoms with Gasteiger partial charge in [-0.25, -0.2) is 4.68 Å². The van der Waals surface area contributed by atoms with E-state index in [0.29, 0.717) is 5.16 Å². The topological polar surface area (TPSA) is 72.7 Å². The molecule has 0 radical (unpaired) electrons. The second-order valence-corrected chi connectivity index (χ2v) is 5.92. The molecule has 2 rings (SSSR count). The van der Waals surface area contributed by atoms with Gasteiger partial charge in [-0.15, -0.1) is 5.10 Å². The summed E-state index contributed by atoms with van der Waals surface area (Å²) >= 11 is 1.35. The minimum Gasteiger partial charge on any atom is -0.325 e. The van der Waals surface area contributed by atoms with Crippen molar-refractivity contribution in [2.75, 3.05) is 5.32 Å². The fourth-order valence-electron chi connectivity index (χ4n) is 1.56. The molecule has 0 saturated carbocycles. The molecule has 1 aromatic heterocycles. The molecule has 20 heavy (non-hydrogen) atoms. The molecule has 0 spiro atoms. The summed E-state index contributed by atoms with van der Waals surface area (Å²) in [5, 5.41) is 14.8. The normalized spacial score (nSPS) is 12.4. The Balaban J connectivity index is 1.99. The lowest BCUT2D eigenvalue weighted by Gasteiger charge is -2.12. The number of para-hydroxylation sites is 1. The average molecular weight is 291 g/mol. The third-order valence-corrected chi connectivity index (χ3v) is 3.69. The van der Waals surface area contributed by atoms with Crippen molar-refractivity contribution in [2.24, 2.45) is 0 Å². The number of aromatic nitrogens is 4. The smallest absolute Gasteiger partial charge is 0.237 e. The van der Waals surface area contributed by atoms with Crippen LogP contribution in [0.3, 0.4) is 0 Å². The number of anilines is 1. The molecule has 1 amide bonds. The summed E-state index contributed by atoms with van der Waals surface area (Å²) in [5.74, 6) is -0.0699. The fourth-order valence-corrected chi connectivity index (χ4v) is 2.49. The lowest BCUT2D eigenvalue weighted by molar-refractivity contribution is -0.115. The van der Waals surface area contributed by atoms with Gasteiger partial charge in [-0.2, -0.15) is 0 Å². The van der Waals surface area contributed by atoms with Crippen LogP contribution < -0.4 is 5.32 Å². The van der Waals surface area contributed by atoms with E-state index in [1.165, 1.54) is 11.8 Å². The first-order chi connectivity index (χ1) is 9.58. The summed E-state index contributed by atoms with van der Waals surface area (Å²) < 4.78 is 1.71. The second-order valence-electron chi connectivity index (χ2n) is 4.62. The molecular weight excluding hydrogens is 274 g/mol. The van der Waals surface area contributed by atoms with Gasteiger partial charge in [0.15, 0.2) is 0 Å². The summed E-state index contributed by atoms with van der Waals surface area (Å²) in [6.07, 6.45) is 0. The zero-order valence-electron chi connectivity index (χ0n) is 11.6. The van der Waals surface area contributed by atoms with Crippen LogP contribution in [0.1, 0.15) is 26.8 Å². The second kappa shape index (κ2) is 6.51. The molecule has 106 valence electrons. The maximum absolute atomic E-state index is 12.1. The number of hydrogen-bond acceptors (Lipinski definition) is 5. The molecule has 7 heteroatoms. The number of nitrogens with zero attached hydrogens (tertiary/aromatic N) is 4. The molecule has 1 unspecified atom stereocenters. The molecule has 0 aliphatic heterocycles. The van der Waals surface area contributed by atoms with E-state index in [0.717, 1.165) is 5.69 Å². The first-order valence-corrected chi connectivity index (χ1v) is 7.26. The van der Waals surface area contributed by atoms with Gasteiger partial charge >= 0.3 is 0 Å². The van der Waals surface area contributed by atoms with Crippen molar-refractivity contribution in [2.45, 2.75) is 37.2 Å². The molecule has 1 aromatic carbocycles. The summed E-state index contributed by atoms with van der Waals surface area (Å²) in [6.45, 7) is 5.83. The van der Waals surface area contributed by atoms with Gasteiger partial charge in [0, 0.05) is 5.69 Å². The van der Waals surface area contributed by atoms with Crippen molar-refractivity contribution in [3.05, 3.63) is 30.3 Å². The number of benzene rings is 1. The van der Waals surface area contributed by atoms with Crippen LogP contribution in [0.15, 0.2) is 35.5 Å². The van der Waals surface area contributed by atoms with E-state index >= 15 is 0 Å². The van der Waals surface area contributed by atoms with Crippen molar-refractivity contribution in [1.29, 1.82) is 0 Å². The van der Waals surface area contributed by atoms with Crippen LogP contribution in [-0.4, -0.2) is 31.4 Å². The van der Waals surface area contributed by atoms with Crippen LogP contribution in [-0.2, 0) is 4.79 Å². The predicted octanol–water partition coefficient (Wildman–Crippen LogP) is 2.37. The van der Waals surface area contributed by atoms with Crippen LogP contribution in [0.4, 0.5) is 5.69 Å². The number of carbonyl (C=O) groups is 1. The molecule has 2 aromatic rings. The molecule has 0 fully saturated rings. The van der Waals surface area contributed by atoms with Gasteiger partial charge in [-0.05, 0) is 43.3 Å². The quantitative estimate of drug-likeness (QED) is 0.856. The highest BCUT2D eigenvalue weighted by atomic mass is 32.2. The van der Waals surface area contributed by atoms with E-state index in [9.17, 15) is 4.79 Å². The first-order valence-electron chi connectivity index (χ1n) is 6.38. The number of thioether (sulfide) groups is 1. The highest BCUT2D eigenvalue weighted by Crippen LogP contribution is 2.23. The minimum atomic E-state index is -0.279. The Kier molecular flexibility index (Phi) is 4.73. The number of rotatable bonds is 5. The van der Waals surface area contributed by atoms with Gasteiger partial charge in [-0.1, -0.05) is 30.0 Å². The Bertz CT molecular complexity index is 569. The van der Waals surface area contributed by atoms with Gasteiger partial charge in [-0.3, -0.25) is 4.79 Å². The summed E-state index contributed by atoms with van der Waals surface area (Å²) in [6, 6.07) is 9.54. The molecule has 6 nitrogen and oxygen atoms in total. The zero-order chi connectivity index (χ0) is 14.5. The number of tetrazole rings is 1. The number of carbonyl (C=O) groups excluding carboxylic acids is 1. The average Bonchev–Trinajstić information content (AvgIpc) is 2.88. The highest BCUT2D eigenvalue weighted by Gasteiger charge is 2.19. The number of hydrogen-bond donors (Lipinski definition) is 1. The van der Waals surface area contributed by atoms with Crippen LogP contribution in [0, 0.1) is 0 Å². The SMILES string of the molecule is CC(Sc1nnnn1C(C)C)C(=O)Nc1ccccc1. The van der Waals surface area contributed by atoms with Crippen LogP contribution in [0.25, 0.3) is 0 Å². The molecule has 0 saturated heterocycles. The molecule has 1 atom stereocenters. The fraction of sp³-hybridized carbons (Fsp3) is 0.385. The van der Waals surface area contributed by atoms with Crippen molar-refractivity contribution in [3.63, 3.8) is 0 Å². The van der Waals surface area contributed by atoms with E-state index in [2.05, 4.69) is 20.8 Å². The standard InChI is InChI=1S/C13H17N5OS/c1-9(2)18-13(15-16-17-18)20-10(3)12(19)14-11-7-5-4-6-8-11/h4-10H,1-3H3,(H,14,19). The van der Waals surface area contributed by atoms with E-state index in [4.69, 9.17) is 0 Å². The molecular formula is C13H17N5OS. The minimum absolute atomic E-state index is 0.0699. The third kappa shape index (κ3) is 3.57. The van der Waals surface area contributed by atoms with Crippen molar-refractivity contribution < 1.29 is 4.79 Å². The third-order valence-electron chi connectivity index (χ3n) is 2.64. The van der Waals surface area contributed by atoms with Gasteiger partial charge in [0.2, 0.25) is 11.1 Å². The Morgan fingerprint density at radius 3 is 2.60 bits per heavy atom. The highest BCUT2D eigenvalue weighted by molar-refractivity contribution is 8.00.